The number of hydrogen-bond donors (Lipinski definition) is 1. The molecule has 27 heavy (non-hydrogen) atoms. The highest BCUT2D eigenvalue weighted by molar-refractivity contribution is 5.72. The number of rotatable bonds is 5. The molecule has 2 aromatic carbocycles. The Morgan fingerprint density at radius 3 is 2.70 bits per heavy atom. The number of aliphatic carboxylic acids is 1. The number of hydrogen-bond acceptors (Lipinski definition) is 4. The molecule has 1 aliphatic carbocycles. The second kappa shape index (κ2) is 7.07. The van der Waals surface area contributed by atoms with Gasteiger partial charge in [0, 0.05) is 17.2 Å². The summed E-state index contributed by atoms with van der Waals surface area (Å²) in [4.78, 5) is 23.1. The highest BCUT2D eigenvalue weighted by Crippen LogP contribution is 2.36. The van der Waals surface area contributed by atoms with E-state index in [1.807, 2.05) is 48.5 Å². The Morgan fingerprint density at radius 1 is 1.11 bits per heavy atom. The minimum Gasteiger partial charge on any atom is -0.489 e. The maximum atomic E-state index is 12.1. The average Bonchev–Trinajstić information content (AvgIpc) is 2.67. The Labute approximate surface area is 155 Å². The molecule has 0 unspecified atom stereocenters. The molecule has 0 saturated heterocycles. The molecule has 0 atom stereocenters. The standard InChI is InChI=1S/C21H18N2O4/c24-19-11-15-9-10-16-17(21(15)22-23(19)12-20(25)26)7-4-8-18(16)27-13-14-5-2-1-3-6-14/h1-8,11H,9-10,12-13H2,(H,25,26). The highest BCUT2D eigenvalue weighted by atomic mass is 16.5. The van der Waals surface area contributed by atoms with Crippen LogP contribution in [0.4, 0.5) is 0 Å². The predicted octanol–water partition coefficient (Wildman–Crippen LogP) is 2.67. The molecule has 1 aromatic heterocycles. The van der Waals surface area contributed by atoms with E-state index in [1.165, 1.54) is 6.07 Å². The number of carbonyl (C=O) groups is 1. The summed E-state index contributed by atoms with van der Waals surface area (Å²) in [5.74, 6) is -0.305. The minimum absolute atomic E-state index is 0.393. The normalized spacial score (nSPS) is 12.1. The van der Waals surface area contributed by atoms with Crippen LogP contribution in [0.5, 0.6) is 5.75 Å². The summed E-state index contributed by atoms with van der Waals surface area (Å²) in [7, 11) is 0. The molecule has 136 valence electrons. The van der Waals surface area contributed by atoms with Crippen LogP contribution >= 0.6 is 0 Å². The Balaban J connectivity index is 1.70. The van der Waals surface area contributed by atoms with Crippen molar-refractivity contribution >= 4 is 5.97 Å². The summed E-state index contributed by atoms with van der Waals surface area (Å²) < 4.78 is 7.03. The number of ether oxygens (including phenoxy) is 1. The van der Waals surface area contributed by atoms with Gasteiger partial charge in [0.25, 0.3) is 5.56 Å². The van der Waals surface area contributed by atoms with E-state index in [2.05, 4.69) is 5.10 Å². The number of carboxylic acid groups (broad SMARTS) is 1. The van der Waals surface area contributed by atoms with E-state index >= 15 is 0 Å². The molecule has 0 amide bonds. The number of aryl methyl sites for hydroxylation is 1. The van der Waals surface area contributed by atoms with Gasteiger partial charge in [0.05, 0.1) is 5.69 Å². The molecule has 0 bridgehead atoms. The summed E-state index contributed by atoms with van der Waals surface area (Å²) >= 11 is 0. The SMILES string of the molecule is O=C(O)Cn1nc2c(cc1=O)CCc1c(OCc3ccccc3)cccc1-2. The smallest absolute Gasteiger partial charge is 0.325 e. The van der Waals surface area contributed by atoms with Crippen molar-refractivity contribution in [2.45, 2.75) is 26.0 Å². The summed E-state index contributed by atoms with van der Waals surface area (Å²) in [5.41, 5.74) is 4.11. The summed E-state index contributed by atoms with van der Waals surface area (Å²) in [6.45, 7) is 0.0156. The molecular weight excluding hydrogens is 344 g/mol. The average molecular weight is 362 g/mol. The van der Waals surface area contributed by atoms with E-state index in [1.54, 1.807) is 0 Å². The zero-order valence-electron chi connectivity index (χ0n) is 14.6. The third kappa shape index (κ3) is 3.46. The van der Waals surface area contributed by atoms with E-state index < -0.39 is 18.1 Å². The van der Waals surface area contributed by atoms with Crippen LogP contribution in [0.3, 0.4) is 0 Å². The fraction of sp³-hybridized carbons (Fsp3) is 0.190. The van der Waals surface area contributed by atoms with E-state index in [0.717, 1.165) is 39.1 Å². The fourth-order valence-corrected chi connectivity index (χ4v) is 3.36. The summed E-state index contributed by atoms with van der Waals surface area (Å²) in [6.07, 6.45) is 1.42. The number of fused-ring (bicyclic) bond motifs is 3. The molecule has 1 N–H and O–H groups in total. The summed E-state index contributed by atoms with van der Waals surface area (Å²) in [5, 5.41) is 13.3. The number of carboxylic acids is 1. The lowest BCUT2D eigenvalue weighted by molar-refractivity contribution is -0.138. The van der Waals surface area contributed by atoms with E-state index in [4.69, 9.17) is 9.84 Å². The second-order valence-electron chi connectivity index (χ2n) is 6.46. The first kappa shape index (κ1) is 17.0. The van der Waals surface area contributed by atoms with Crippen molar-refractivity contribution in [3.63, 3.8) is 0 Å². The molecule has 1 aliphatic rings. The quantitative estimate of drug-likeness (QED) is 0.755. The Kier molecular flexibility index (Phi) is 4.46. The van der Waals surface area contributed by atoms with Crippen LogP contribution in [-0.4, -0.2) is 20.9 Å². The largest absolute Gasteiger partial charge is 0.489 e. The lowest BCUT2D eigenvalue weighted by Crippen LogP contribution is -2.28. The van der Waals surface area contributed by atoms with Gasteiger partial charge in [0.2, 0.25) is 0 Å². The third-order valence-corrected chi connectivity index (χ3v) is 4.63. The van der Waals surface area contributed by atoms with Crippen molar-refractivity contribution < 1.29 is 14.6 Å². The first-order valence-electron chi connectivity index (χ1n) is 8.73. The van der Waals surface area contributed by atoms with Crippen LogP contribution < -0.4 is 10.3 Å². The van der Waals surface area contributed by atoms with Gasteiger partial charge in [-0.2, -0.15) is 5.10 Å². The van der Waals surface area contributed by atoms with Crippen LogP contribution in [0, 0.1) is 0 Å². The van der Waals surface area contributed by atoms with Crippen molar-refractivity contribution in [1.82, 2.24) is 9.78 Å². The van der Waals surface area contributed by atoms with Crippen LogP contribution in [0.25, 0.3) is 11.3 Å². The van der Waals surface area contributed by atoms with Crippen LogP contribution in [0.2, 0.25) is 0 Å². The Hall–Kier alpha value is -3.41. The van der Waals surface area contributed by atoms with Gasteiger partial charge in [-0.25, -0.2) is 4.68 Å². The van der Waals surface area contributed by atoms with E-state index in [9.17, 15) is 9.59 Å². The van der Waals surface area contributed by atoms with E-state index in [0.29, 0.717) is 18.7 Å². The molecule has 0 saturated carbocycles. The Morgan fingerprint density at radius 2 is 1.93 bits per heavy atom. The first-order chi connectivity index (χ1) is 13.1. The third-order valence-electron chi connectivity index (χ3n) is 4.63. The maximum Gasteiger partial charge on any atom is 0.325 e. The molecule has 1 heterocycles. The van der Waals surface area contributed by atoms with Crippen molar-refractivity contribution in [3.05, 3.63) is 81.6 Å². The molecule has 6 heteroatoms. The molecule has 3 aromatic rings. The topological polar surface area (TPSA) is 81.4 Å². The second-order valence-corrected chi connectivity index (χ2v) is 6.46. The van der Waals surface area contributed by atoms with Crippen molar-refractivity contribution in [3.8, 4) is 17.0 Å². The van der Waals surface area contributed by atoms with Gasteiger partial charge in [-0.05, 0) is 30.0 Å². The van der Waals surface area contributed by atoms with Crippen molar-refractivity contribution in [2.24, 2.45) is 0 Å². The number of benzene rings is 2. The predicted molar refractivity (Wildman–Crippen MR) is 99.8 cm³/mol. The zero-order valence-corrected chi connectivity index (χ0v) is 14.6. The molecule has 4 rings (SSSR count). The van der Waals surface area contributed by atoms with Gasteiger partial charge >= 0.3 is 5.97 Å². The van der Waals surface area contributed by atoms with Gasteiger partial charge < -0.3 is 9.84 Å². The molecule has 6 nitrogen and oxygen atoms in total. The van der Waals surface area contributed by atoms with Gasteiger partial charge in [-0.3, -0.25) is 9.59 Å². The maximum absolute atomic E-state index is 12.1. The molecule has 0 aliphatic heterocycles. The molecule has 0 spiro atoms. The Bertz CT molecular complexity index is 1060. The van der Waals surface area contributed by atoms with Gasteiger partial charge in [-0.1, -0.05) is 42.5 Å². The minimum atomic E-state index is -1.10. The van der Waals surface area contributed by atoms with E-state index in [-0.39, 0.29) is 0 Å². The van der Waals surface area contributed by atoms with Crippen molar-refractivity contribution in [2.75, 3.05) is 0 Å². The molecular formula is C21H18N2O4. The molecule has 0 fully saturated rings. The number of aromatic nitrogens is 2. The number of nitrogens with zero attached hydrogens (tertiary/aromatic N) is 2. The van der Waals surface area contributed by atoms with Crippen molar-refractivity contribution in [1.29, 1.82) is 0 Å². The monoisotopic (exact) mass is 362 g/mol. The van der Waals surface area contributed by atoms with Gasteiger partial charge in [0.15, 0.2) is 0 Å². The lowest BCUT2D eigenvalue weighted by Gasteiger charge is -2.22. The lowest BCUT2D eigenvalue weighted by atomic mass is 9.89. The van der Waals surface area contributed by atoms with Gasteiger partial charge in [0.1, 0.15) is 18.9 Å². The molecule has 0 radical (unpaired) electrons. The van der Waals surface area contributed by atoms with Crippen LogP contribution in [0.1, 0.15) is 16.7 Å². The highest BCUT2D eigenvalue weighted by Gasteiger charge is 2.22. The van der Waals surface area contributed by atoms with Crippen LogP contribution in [0.15, 0.2) is 59.4 Å². The summed E-state index contributed by atoms with van der Waals surface area (Å²) in [6, 6.07) is 17.2. The first-order valence-corrected chi connectivity index (χ1v) is 8.73. The fourth-order valence-electron chi connectivity index (χ4n) is 3.36. The van der Waals surface area contributed by atoms with Crippen LogP contribution in [-0.2, 0) is 30.8 Å². The van der Waals surface area contributed by atoms with Gasteiger partial charge in [-0.15, -0.1) is 0 Å². The zero-order chi connectivity index (χ0) is 18.8.